The number of aromatic nitrogens is 6. The van der Waals surface area contributed by atoms with Gasteiger partial charge < -0.3 is 0 Å². The lowest BCUT2D eigenvalue weighted by molar-refractivity contribution is 0.419. The molecule has 2 aromatic heterocycles. The average molecular weight is 787 g/mol. The molecule has 0 atom stereocenters. The fourth-order valence-corrected chi connectivity index (χ4v) is 9.40. The molecule has 2 heterocycles. The Morgan fingerprint density at radius 2 is 0.623 bits per heavy atom. The molecule has 2 saturated carbocycles. The molecule has 11 rings (SSSR count). The van der Waals surface area contributed by atoms with E-state index >= 15 is 0 Å². The van der Waals surface area contributed by atoms with Gasteiger partial charge in [0.05, 0.1) is 0 Å². The van der Waals surface area contributed by atoms with E-state index in [4.69, 9.17) is 29.9 Å². The molecule has 0 N–H and O–H groups in total. The molecule has 0 spiro atoms. The molecule has 0 amide bonds. The Morgan fingerprint density at radius 3 is 1.07 bits per heavy atom. The molecule has 9 aromatic rings. The van der Waals surface area contributed by atoms with Crippen LogP contribution in [0.1, 0.15) is 37.7 Å². The lowest BCUT2D eigenvalue weighted by Crippen LogP contribution is -2.19. The lowest BCUT2D eigenvalue weighted by Gasteiger charge is -2.27. The Hall–Kier alpha value is -7.44. The van der Waals surface area contributed by atoms with Crippen molar-refractivity contribution in [3.05, 3.63) is 194 Å². The first-order valence-corrected chi connectivity index (χ1v) is 21.2. The van der Waals surface area contributed by atoms with E-state index < -0.39 is 0 Å². The first-order chi connectivity index (χ1) is 30.1. The third-order valence-electron chi connectivity index (χ3n) is 12.6. The number of fused-ring (bicyclic) bond motifs is 2. The molecule has 2 aliphatic rings. The molecule has 2 aliphatic carbocycles. The van der Waals surface area contributed by atoms with Crippen molar-refractivity contribution in [2.45, 2.75) is 37.5 Å². The summed E-state index contributed by atoms with van der Waals surface area (Å²) in [6.45, 7) is 0. The zero-order valence-corrected chi connectivity index (χ0v) is 33.7. The fraction of sp³-hybridized carbons (Fsp3) is 0.127. The number of hydrogen-bond acceptors (Lipinski definition) is 6. The van der Waals surface area contributed by atoms with Crippen molar-refractivity contribution in [2.24, 2.45) is 5.92 Å². The molecule has 2 bridgehead atoms. The van der Waals surface area contributed by atoms with Gasteiger partial charge in [0, 0.05) is 33.4 Å². The van der Waals surface area contributed by atoms with Gasteiger partial charge in [-0.2, -0.15) is 0 Å². The van der Waals surface area contributed by atoms with Crippen LogP contribution in [0.3, 0.4) is 0 Å². The highest BCUT2D eigenvalue weighted by molar-refractivity contribution is 5.77. The van der Waals surface area contributed by atoms with Gasteiger partial charge in [-0.05, 0) is 89.5 Å². The van der Waals surface area contributed by atoms with E-state index in [1.165, 1.54) is 43.2 Å². The maximum absolute atomic E-state index is 5.18. The molecular formula is C55H42N6. The summed E-state index contributed by atoms with van der Waals surface area (Å²) in [6, 6.07) is 65.0. The van der Waals surface area contributed by atoms with Crippen LogP contribution < -0.4 is 0 Å². The third kappa shape index (κ3) is 7.31. The van der Waals surface area contributed by atoms with Crippen molar-refractivity contribution < 1.29 is 0 Å². The maximum atomic E-state index is 5.18. The van der Waals surface area contributed by atoms with Crippen molar-refractivity contribution in [3.63, 3.8) is 0 Å². The second-order valence-electron chi connectivity index (χ2n) is 16.5. The highest BCUT2D eigenvalue weighted by Crippen LogP contribution is 2.55. The molecule has 61 heavy (non-hydrogen) atoms. The smallest absolute Gasteiger partial charge is 0.164 e. The van der Waals surface area contributed by atoms with Crippen LogP contribution in [0.2, 0.25) is 0 Å². The van der Waals surface area contributed by atoms with Crippen molar-refractivity contribution in [3.8, 4) is 90.6 Å². The molecule has 0 radical (unpaired) electrons. The predicted octanol–water partition coefficient (Wildman–Crippen LogP) is 13.2. The van der Waals surface area contributed by atoms with Crippen LogP contribution in [0.25, 0.3) is 90.6 Å². The summed E-state index contributed by atoms with van der Waals surface area (Å²) in [7, 11) is 0. The minimum absolute atomic E-state index is 0.293. The maximum Gasteiger partial charge on any atom is 0.164 e. The minimum atomic E-state index is 0.293. The van der Waals surface area contributed by atoms with E-state index in [0.717, 1.165) is 56.0 Å². The predicted molar refractivity (Wildman–Crippen MR) is 245 cm³/mol. The Kier molecular flexibility index (Phi) is 9.38. The van der Waals surface area contributed by atoms with Crippen molar-refractivity contribution in [1.82, 2.24) is 29.9 Å². The van der Waals surface area contributed by atoms with E-state index in [0.29, 0.717) is 40.4 Å². The topological polar surface area (TPSA) is 77.3 Å². The van der Waals surface area contributed by atoms with Gasteiger partial charge in [-0.25, -0.2) is 29.9 Å². The van der Waals surface area contributed by atoms with Crippen molar-refractivity contribution in [1.29, 1.82) is 0 Å². The summed E-state index contributed by atoms with van der Waals surface area (Å²) in [5.41, 5.74) is 11.8. The first-order valence-electron chi connectivity index (χ1n) is 21.2. The fourth-order valence-electron chi connectivity index (χ4n) is 9.40. The SMILES string of the molecule is c1ccc(-c2ccc(-c3nc(-c4ccccc4)nc(-c4cccc(-c5cccc(-c6nc(-c7ccccc7)nc(-c7cccc(C89CCC(CC8)C9)c7)n6)c5)c4)n3)cc2)cc1. The molecular weight excluding hydrogens is 745 g/mol. The first kappa shape index (κ1) is 36.6. The van der Waals surface area contributed by atoms with Gasteiger partial charge in [-0.15, -0.1) is 0 Å². The average Bonchev–Trinajstić information content (AvgIpc) is 3.98. The van der Waals surface area contributed by atoms with Gasteiger partial charge in [-0.3, -0.25) is 0 Å². The Balaban J connectivity index is 0.964. The van der Waals surface area contributed by atoms with Crippen molar-refractivity contribution >= 4 is 0 Å². The number of hydrogen-bond donors (Lipinski definition) is 0. The van der Waals surface area contributed by atoms with Crippen LogP contribution in [0.5, 0.6) is 0 Å². The normalized spacial score (nSPS) is 16.8. The Labute approximate surface area is 356 Å². The molecule has 6 heteroatoms. The summed E-state index contributed by atoms with van der Waals surface area (Å²) < 4.78 is 0. The van der Waals surface area contributed by atoms with E-state index in [9.17, 15) is 0 Å². The molecule has 0 saturated heterocycles. The zero-order chi connectivity index (χ0) is 40.6. The second-order valence-corrected chi connectivity index (χ2v) is 16.5. The van der Waals surface area contributed by atoms with Gasteiger partial charge in [0.15, 0.2) is 34.9 Å². The summed E-state index contributed by atoms with van der Waals surface area (Å²) in [5, 5.41) is 0. The molecule has 6 nitrogen and oxygen atoms in total. The lowest BCUT2D eigenvalue weighted by atomic mass is 9.77. The van der Waals surface area contributed by atoms with Crippen LogP contribution in [0.15, 0.2) is 188 Å². The van der Waals surface area contributed by atoms with Gasteiger partial charge in [0.2, 0.25) is 0 Å². The van der Waals surface area contributed by atoms with Gasteiger partial charge >= 0.3 is 0 Å². The number of benzene rings is 7. The van der Waals surface area contributed by atoms with Crippen LogP contribution in [-0.4, -0.2) is 29.9 Å². The van der Waals surface area contributed by atoms with Crippen LogP contribution >= 0.6 is 0 Å². The van der Waals surface area contributed by atoms with Crippen LogP contribution in [0.4, 0.5) is 0 Å². The Morgan fingerprint density at radius 1 is 0.295 bits per heavy atom. The summed E-state index contributed by atoms with van der Waals surface area (Å²) in [6.07, 6.45) is 6.53. The minimum Gasteiger partial charge on any atom is -0.208 e. The molecule has 2 fully saturated rings. The summed E-state index contributed by atoms with van der Waals surface area (Å²) >= 11 is 0. The number of nitrogens with zero attached hydrogens (tertiary/aromatic N) is 6. The van der Waals surface area contributed by atoms with Crippen LogP contribution in [-0.2, 0) is 5.41 Å². The molecule has 7 aromatic carbocycles. The van der Waals surface area contributed by atoms with Gasteiger partial charge in [0.1, 0.15) is 0 Å². The van der Waals surface area contributed by atoms with E-state index in [-0.39, 0.29) is 0 Å². The summed E-state index contributed by atoms with van der Waals surface area (Å²) in [5.74, 6) is 4.72. The number of rotatable bonds is 9. The molecule has 0 aliphatic heterocycles. The third-order valence-corrected chi connectivity index (χ3v) is 12.6. The van der Waals surface area contributed by atoms with E-state index in [1.807, 2.05) is 54.6 Å². The van der Waals surface area contributed by atoms with Crippen LogP contribution in [0, 0.1) is 5.92 Å². The monoisotopic (exact) mass is 786 g/mol. The van der Waals surface area contributed by atoms with Gasteiger partial charge in [0.25, 0.3) is 0 Å². The van der Waals surface area contributed by atoms with E-state index in [2.05, 4.69) is 133 Å². The highest BCUT2D eigenvalue weighted by atomic mass is 15.0. The molecule has 0 unspecified atom stereocenters. The highest BCUT2D eigenvalue weighted by Gasteiger charge is 2.45. The standard InChI is InChI=1S/C55H42N6/c1-4-13-38(14-5-1)39-25-27-42(28-26-39)51-56-49(40-15-6-2-7-16-40)57-52(60-51)45-21-10-19-43(33-45)44-20-11-22-46(34-44)53-58-50(41-17-8-3-9-18-41)59-54(61-53)47-23-12-24-48(35-47)55-31-29-37(36-55)30-32-55/h1-28,33-35,37H,29-32,36H2. The Bertz CT molecular complexity index is 3000. The van der Waals surface area contributed by atoms with Crippen molar-refractivity contribution in [2.75, 3.05) is 0 Å². The zero-order valence-electron chi connectivity index (χ0n) is 33.7. The quantitative estimate of drug-likeness (QED) is 0.145. The second kappa shape index (κ2) is 15.6. The van der Waals surface area contributed by atoms with E-state index in [1.54, 1.807) is 0 Å². The molecule has 292 valence electrons. The van der Waals surface area contributed by atoms with Gasteiger partial charge in [-0.1, -0.05) is 170 Å². The summed E-state index contributed by atoms with van der Waals surface area (Å²) in [4.78, 5) is 30.4. The largest absolute Gasteiger partial charge is 0.208 e.